The fourth-order valence-electron chi connectivity index (χ4n) is 4.17. The molecule has 0 fully saturated rings. The molecule has 0 radical (unpaired) electrons. The lowest BCUT2D eigenvalue weighted by Gasteiger charge is -2.10. The Balaban J connectivity index is 1.40. The minimum Gasteiger partial charge on any atom is -0.489 e. The summed E-state index contributed by atoms with van der Waals surface area (Å²) in [5.74, 6) is 1.46. The number of aromatic nitrogens is 1. The Morgan fingerprint density at radius 2 is 1.88 bits per heavy atom. The van der Waals surface area contributed by atoms with Crippen molar-refractivity contribution in [3.63, 3.8) is 0 Å². The average molecular weight is 424 g/mol. The van der Waals surface area contributed by atoms with Gasteiger partial charge in [-0.2, -0.15) is 0 Å². The van der Waals surface area contributed by atoms with Gasteiger partial charge in [-0.1, -0.05) is 42.0 Å². The van der Waals surface area contributed by atoms with E-state index in [1.54, 1.807) is 12.1 Å². The summed E-state index contributed by atoms with van der Waals surface area (Å²) in [7, 11) is 0. The van der Waals surface area contributed by atoms with E-state index in [-0.39, 0.29) is 5.78 Å². The molecule has 4 heteroatoms. The number of Topliss-reactive ketones (excluding diaryl/α,β-unsaturated/α-hetero) is 1. The molecule has 0 amide bonds. The summed E-state index contributed by atoms with van der Waals surface area (Å²) in [5.41, 5.74) is 6.23. The van der Waals surface area contributed by atoms with Crippen molar-refractivity contribution < 1.29 is 14.3 Å². The van der Waals surface area contributed by atoms with E-state index in [4.69, 9.17) is 9.47 Å². The van der Waals surface area contributed by atoms with Gasteiger partial charge in [0.25, 0.3) is 0 Å². The molecule has 0 atom stereocenters. The predicted molar refractivity (Wildman–Crippen MR) is 127 cm³/mol. The Hall–Kier alpha value is -3.79. The Labute approximate surface area is 187 Å². The van der Waals surface area contributed by atoms with Crippen molar-refractivity contribution in [2.45, 2.75) is 33.9 Å². The summed E-state index contributed by atoms with van der Waals surface area (Å²) in [6, 6.07) is 19.9. The molecule has 0 saturated carbocycles. The summed E-state index contributed by atoms with van der Waals surface area (Å²) in [6.45, 7) is 7.59. The van der Waals surface area contributed by atoms with Crippen LogP contribution in [0.3, 0.4) is 0 Å². The number of hydrogen-bond donors (Lipinski definition) is 0. The van der Waals surface area contributed by atoms with Gasteiger partial charge < -0.3 is 14.0 Å². The lowest BCUT2D eigenvalue weighted by molar-refractivity contribution is 0.101. The normalized spacial score (nSPS) is 14.1. The number of rotatable bonds is 5. The van der Waals surface area contributed by atoms with Crippen molar-refractivity contribution in [3.05, 3.63) is 100 Å². The van der Waals surface area contributed by atoms with Gasteiger partial charge in [-0.15, -0.1) is 0 Å². The van der Waals surface area contributed by atoms with E-state index >= 15 is 0 Å². The molecule has 1 aliphatic rings. The van der Waals surface area contributed by atoms with Crippen molar-refractivity contribution >= 4 is 22.8 Å². The van der Waals surface area contributed by atoms with Crippen LogP contribution >= 0.6 is 0 Å². The van der Waals surface area contributed by atoms with E-state index in [0.717, 1.165) is 28.6 Å². The van der Waals surface area contributed by atoms with Crippen LogP contribution in [0, 0.1) is 13.8 Å². The lowest BCUT2D eigenvalue weighted by atomic mass is 10.1. The van der Waals surface area contributed by atoms with E-state index in [1.807, 2.05) is 24.3 Å². The first kappa shape index (κ1) is 20.1. The molecule has 4 nitrogen and oxygen atoms in total. The van der Waals surface area contributed by atoms with Crippen LogP contribution in [0.2, 0.25) is 0 Å². The van der Waals surface area contributed by atoms with Gasteiger partial charge in [0.1, 0.15) is 18.1 Å². The number of ketones is 1. The maximum Gasteiger partial charge on any atom is 0.231 e. The van der Waals surface area contributed by atoms with Gasteiger partial charge in [-0.3, -0.25) is 4.79 Å². The summed E-state index contributed by atoms with van der Waals surface area (Å²) in [5, 5.41) is 1.10. The smallest absolute Gasteiger partial charge is 0.231 e. The van der Waals surface area contributed by atoms with E-state index in [0.29, 0.717) is 29.4 Å². The molecule has 0 aliphatic carbocycles. The standard InChI is InChI=1S/C28H25NO3/c1-4-29-16-20(23-7-5-6-8-25(23)29)14-27-28(30)24-12-11-22(15-26(24)32-27)31-17-21-13-18(2)9-10-19(21)3/h5-16H,4,17H2,1-3H3/b27-14-. The van der Waals surface area contributed by atoms with Crippen LogP contribution in [0.4, 0.5) is 0 Å². The third-order valence-electron chi connectivity index (χ3n) is 5.99. The number of benzene rings is 3. The highest BCUT2D eigenvalue weighted by molar-refractivity contribution is 6.15. The van der Waals surface area contributed by atoms with Crippen molar-refractivity contribution in [2.24, 2.45) is 0 Å². The molecule has 1 aromatic heterocycles. The maximum absolute atomic E-state index is 12.9. The number of aryl methyl sites for hydroxylation is 3. The van der Waals surface area contributed by atoms with Gasteiger partial charge in [0.05, 0.1) is 5.56 Å². The first-order chi connectivity index (χ1) is 15.5. The van der Waals surface area contributed by atoms with Gasteiger partial charge in [0.2, 0.25) is 5.78 Å². The van der Waals surface area contributed by atoms with Crippen LogP contribution in [-0.2, 0) is 13.2 Å². The largest absolute Gasteiger partial charge is 0.489 e. The number of ether oxygens (including phenoxy) is 2. The van der Waals surface area contributed by atoms with Crippen molar-refractivity contribution in [1.29, 1.82) is 0 Å². The van der Waals surface area contributed by atoms with Crippen molar-refractivity contribution in [2.75, 3.05) is 0 Å². The number of hydrogen-bond acceptors (Lipinski definition) is 3. The zero-order valence-corrected chi connectivity index (χ0v) is 18.5. The molecule has 0 unspecified atom stereocenters. The van der Waals surface area contributed by atoms with Crippen molar-refractivity contribution in [3.8, 4) is 11.5 Å². The Kier molecular flexibility index (Phi) is 5.06. The van der Waals surface area contributed by atoms with E-state index < -0.39 is 0 Å². The third kappa shape index (κ3) is 3.58. The maximum atomic E-state index is 12.9. The molecule has 0 spiro atoms. The summed E-state index contributed by atoms with van der Waals surface area (Å²) in [6.07, 6.45) is 3.91. The number of fused-ring (bicyclic) bond motifs is 2. The Morgan fingerprint density at radius 3 is 2.72 bits per heavy atom. The zero-order valence-electron chi connectivity index (χ0n) is 18.5. The molecule has 0 saturated heterocycles. The Morgan fingerprint density at radius 1 is 1.03 bits per heavy atom. The second kappa shape index (κ2) is 8.04. The summed E-state index contributed by atoms with van der Waals surface area (Å²) < 4.78 is 14.2. The second-order valence-corrected chi connectivity index (χ2v) is 8.20. The van der Waals surface area contributed by atoms with Gasteiger partial charge in [0, 0.05) is 35.3 Å². The van der Waals surface area contributed by atoms with E-state index in [2.05, 4.69) is 61.9 Å². The molecule has 1 aliphatic heterocycles. The second-order valence-electron chi connectivity index (χ2n) is 8.20. The molecule has 0 N–H and O–H groups in total. The van der Waals surface area contributed by atoms with Crippen LogP contribution in [0.5, 0.6) is 11.5 Å². The highest BCUT2D eigenvalue weighted by atomic mass is 16.5. The van der Waals surface area contributed by atoms with E-state index in [1.165, 1.54) is 11.1 Å². The minimum atomic E-state index is -0.102. The van der Waals surface area contributed by atoms with Crippen molar-refractivity contribution in [1.82, 2.24) is 4.57 Å². The SMILES string of the molecule is CCn1cc(/C=C2\Oc3cc(OCc4cc(C)ccc4C)ccc3C2=O)c2ccccc21. The molecular weight excluding hydrogens is 398 g/mol. The van der Waals surface area contributed by atoms with Crippen LogP contribution in [0.15, 0.2) is 72.6 Å². The number of carbonyl (C=O) groups is 1. The predicted octanol–water partition coefficient (Wildman–Crippen LogP) is 6.47. The van der Waals surface area contributed by atoms with Gasteiger partial charge in [0.15, 0.2) is 5.76 Å². The monoisotopic (exact) mass is 423 g/mol. The first-order valence-corrected chi connectivity index (χ1v) is 10.9. The molecular formula is C28H25NO3. The average Bonchev–Trinajstić information content (AvgIpc) is 3.31. The number of carbonyl (C=O) groups excluding carboxylic acids is 1. The molecule has 3 aromatic carbocycles. The van der Waals surface area contributed by atoms with Crippen LogP contribution in [-0.4, -0.2) is 10.4 Å². The van der Waals surface area contributed by atoms with Gasteiger partial charge >= 0.3 is 0 Å². The number of allylic oxidation sites excluding steroid dienone is 1. The summed E-state index contributed by atoms with van der Waals surface area (Å²) >= 11 is 0. The Bertz CT molecular complexity index is 1380. The quantitative estimate of drug-likeness (QED) is 0.345. The molecule has 5 rings (SSSR count). The fourth-order valence-corrected chi connectivity index (χ4v) is 4.17. The summed E-state index contributed by atoms with van der Waals surface area (Å²) in [4.78, 5) is 12.9. The van der Waals surface area contributed by atoms with Crippen LogP contribution in [0.25, 0.3) is 17.0 Å². The lowest BCUT2D eigenvalue weighted by Crippen LogP contribution is -1.99. The minimum absolute atomic E-state index is 0.102. The molecule has 160 valence electrons. The molecule has 2 heterocycles. The first-order valence-electron chi connectivity index (χ1n) is 10.9. The molecule has 4 aromatic rings. The highest BCUT2D eigenvalue weighted by Crippen LogP contribution is 2.36. The van der Waals surface area contributed by atoms with Crippen LogP contribution < -0.4 is 9.47 Å². The third-order valence-corrected chi connectivity index (χ3v) is 5.99. The van der Waals surface area contributed by atoms with Gasteiger partial charge in [-0.05, 0) is 56.2 Å². The topological polar surface area (TPSA) is 40.5 Å². The number of para-hydroxylation sites is 1. The van der Waals surface area contributed by atoms with Crippen LogP contribution in [0.1, 0.15) is 39.5 Å². The molecule has 0 bridgehead atoms. The van der Waals surface area contributed by atoms with E-state index in [9.17, 15) is 4.79 Å². The number of nitrogens with zero attached hydrogens (tertiary/aromatic N) is 1. The molecule has 32 heavy (non-hydrogen) atoms. The van der Waals surface area contributed by atoms with Gasteiger partial charge in [-0.25, -0.2) is 0 Å². The zero-order chi connectivity index (χ0) is 22.2. The highest BCUT2D eigenvalue weighted by Gasteiger charge is 2.28. The fraction of sp³-hybridized carbons (Fsp3) is 0.179.